The molecule has 0 saturated heterocycles. The molecule has 2 aromatic heterocycles. The molecule has 2 rings (SSSR count). The molecule has 9 nitrogen and oxygen atoms in total. The topological polar surface area (TPSA) is 130 Å². The van der Waals surface area contributed by atoms with Gasteiger partial charge in [0, 0.05) is 6.20 Å². The Hall–Kier alpha value is -2.97. The number of nitrogens with zero attached hydrogens (tertiary/aromatic N) is 3. The average Bonchev–Trinajstić information content (AvgIpc) is 2.86. The summed E-state index contributed by atoms with van der Waals surface area (Å²) in [6, 6.07) is 2.76. The summed E-state index contributed by atoms with van der Waals surface area (Å²) in [7, 11) is 1.37. The van der Waals surface area contributed by atoms with Crippen LogP contribution >= 0.6 is 0 Å². The number of aromatic amines is 1. The van der Waals surface area contributed by atoms with Crippen molar-refractivity contribution in [2.75, 3.05) is 12.4 Å². The van der Waals surface area contributed by atoms with Gasteiger partial charge in [-0.1, -0.05) is 0 Å². The number of carboxylic acid groups (broad SMARTS) is 1. The first-order chi connectivity index (χ1) is 9.11. The molecular formula is C10H9N5O4. The van der Waals surface area contributed by atoms with Crippen LogP contribution in [0, 0.1) is 0 Å². The van der Waals surface area contributed by atoms with Crippen molar-refractivity contribution in [1.82, 2.24) is 20.2 Å². The predicted octanol–water partition coefficient (Wildman–Crippen LogP) is 0.159. The second kappa shape index (κ2) is 5.12. The number of hydrogen-bond donors (Lipinski definition) is 3. The largest absolute Gasteiger partial charge is 0.478 e. The molecule has 3 N–H and O–H groups in total. The zero-order chi connectivity index (χ0) is 13.8. The van der Waals surface area contributed by atoms with Gasteiger partial charge in [-0.15, -0.1) is 5.10 Å². The highest BCUT2D eigenvalue weighted by molar-refractivity contribution is 6.08. The van der Waals surface area contributed by atoms with Crippen molar-refractivity contribution in [2.24, 2.45) is 0 Å². The molecule has 0 radical (unpaired) electrons. The van der Waals surface area contributed by atoms with Crippen molar-refractivity contribution in [1.29, 1.82) is 0 Å². The molecule has 19 heavy (non-hydrogen) atoms. The van der Waals surface area contributed by atoms with Crippen LogP contribution in [0.5, 0.6) is 6.01 Å². The van der Waals surface area contributed by atoms with E-state index in [1.54, 1.807) is 0 Å². The van der Waals surface area contributed by atoms with Crippen LogP contribution in [-0.2, 0) is 0 Å². The zero-order valence-corrected chi connectivity index (χ0v) is 9.75. The fourth-order valence-corrected chi connectivity index (χ4v) is 1.32. The van der Waals surface area contributed by atoms with E-state index in [-0.39, 0.29) is 23.2 Å². The van der Waals surface area contributed by atoms with E-state index in [9.17, 15) is 9.59 Å². The van der Waals surface area contributed by atoms with E-state index in [4.69, 9.17) is 9.84 Å². The van der Waals surface area contributed by atoms with Gasteiger partial charge in [0.05, 0.1) is 12.7 Å². The highest BCUT2D eigenvalue weighted by Crippen LogP contribution is 2.09. The molecule has 0 aliphatic heterocycles. The molecule has 0 aliphatic rings. The van der Waals surface area contributed by atoms with Crippen molar-refractivity contribution in [3.63, 3.8) is 0 Å². The molecule has 0 bridgehead atoms. The number of pyridine rings is 1. The lowest BCUT2D eigenvalue weighted by molar-refractivity contribution is 0.0691. The number of methoxy groups -OCH3 is 1. The van der Waals surface area contributed by atoms with Gasteiger partial charge in [-0.05, 0) is 12.1 Å². The van der Waals surface area contributed by atoms with Crippen LogP contribution in [0.15, 0.2) is 18.3 Å². The smallest absolute Gasteiger partial charge is 0.338 e. The van der Waals surface area contributed by atoms with Crippen molar-refractivity contribution in [3.8, 4) is 6.01 Å². The minimum atomic E-state index is -1.24. The van der Waals surface area contributed by atoms with Crippen LogP contribution < -0.4 is 10.1 Å². The maximum atomic E-state index is 11.9. The zero-order valence-electron chi connectivity index (χ0n) is 9.75. The minimum Gasteiger partial charge on any atom is -0.478 e. The first-order valence-electron chi connectivity index (χ1n) is 5.08. The molecule has 0 atom stereocenters. The molecule has 2 heterocycles. The number of carboxylic acids is 1. The maximum absolute atomic E-state index is 11.9. The molecular weight excluding hydrogens is 254 g/mol. The summed E-state index contributed by atoms with van der Waals surface area (Å²) in [4.78, 5) is 30.3. The number of rotatable bonds is 4. The van der Waals surface area contributed by atoms with Crippen LogP contribution in [-0.4, -0.2) is 44.3 Å². The second-order valence-electron chi connectivity index (χ2n) is 3.33. The monoisotopic (exact) mass is 263 g/mol. The number of amides is 1. The molecule has 9 heteroatoms. The molecule has 0 fully saturated rings. The van der Waals surface area contributed by atoms with Gasteiger partial charge in [0.15, 0.2) is 0 Å². The Bertz CT molecular complexity index is 624. The van der Waals surface area contributed by atoms with Gasteiger partial charge in [0.1, 0.15) is 5.69 Å². The van der Waals surface area contributed by atoms with Gasteiger partial charge in [-0.3, -0.25) is 15.1 Å². The highest BCUT2D eigenvalue weighted by Gasteiger charge is 2.18. The summed E-state index contributed by atoms with van der Waals surface area (Å²) in [6.07, 6.45) is 1.32. The lowest BCUT2D eigenvalue weighted by Crippen LogP contribution is -2.18. The van der Waals surface area contributed by atoms with Gasteiger partial charge in [0.25, 0.3) is 5.91 Å². The van der Waals surface area contributed by atoms with Gasteiger partial charge in [0.2, 0.25) is 5.95 Å². The number of carbonyl (C=O) groups is 2. The number of aromatic carboxylic acids is 1. The summed E-state index contributed by atoms with van der Waals surface area (Å²) in [5.74, 6) is -1.92. The summed E-state index contributed by atoms with van der Waals surface area (Å²) in [6.45, 7) is 0. The Morgan fingerprint density at radius 1 is 1.47 bits per heavy atom. The van der Waals surface area contributed by atoms with E-state index in [0.29, 0.717) is 0 Å². The van der Waals surface area contributed by atoms with E-state index in [1.165, 1.54) is 25.4 Å². The summed E-state index contributed by atoms with van der Waals surface area (Å²) >= 11 is 0. The molecule has 98 valence electrons. The SMILES string of the molecule is COc1n[nH]c(NC(=O)c2ncccc2C(=O)O)n1. The number of hydrogen-bond acceptors (Lipinski definition) is 6. The Morgan fingerprint density at radius 2 is 2.26 bits per heavy atom. The van der Waals surface area contributed by atoms with Crippen LogP contribution in [0.1, 0.15) is 20.8 Å². The quantitative estimate of drug-likeness (QED) is 0.716. The summed E-state index contributed by atoms with van der Waals surface area (Å²) in [5, 5.41) is 17.3. The van der Waals surface area contributed by atoms with Crippen molar-refractivity contribution >= 4 is 17.8 Å². The van der Waals surface area contributed by atoms with Crippen LogP contribution in [0.4, 0.5) is 5.95 Å². The lowest BCUT2D eigenvalue weighted by Gasteiger charge is -2.03. The molecule has 0 aromatic carbocycles. The van der Waals surface area contributed by atoms with E-state index in [1.807, 2.05) is 0 Å². The lowest BCUT2D eigenvalue weighted by atomic mass is 10.2. The number of H-pyrrole nitrogens is 1. The van der Waals surface area contributed by atoms with Crippen molar-refractivity contribution in [2.45, 2.75) is 0 Å². The van der Waals surface area contributed by atoms with E-state index >= 15 is 0 Å². The number of carbonyl (C=O) groups excluding carboxylic acids is 1. The van der Waals surface area contributed by atoms with Gasteiger partial charge < -0.3 is 9.84 Å². The molecule has 1 amide bonds. The van der Waals surface area contributed by atoms with Crippen molar-refractivity contribution in [3.05, 3.63) is 29.6 Å². The third kappa shape index (κ3) is 2.65. The van der Waals surface area contributed by atoms with Gasteiger partial charge in [-0.2, -0.15) is 4.98 Å². The summed E-state index contributed by atoms with van der Waals surface area (Å²) in [5.41, 5.74) is -0.420. The Balaban J connectivity index is 2.22. The van der Waals surface area contributed by atoms with Crippen LogP contribution in [0.3, 0.4) is 0 Å². The predicted molar refractivity (Wildman–Crippen MR) is 62.1 cm³/mol. The minimum absolute atomic E-state index is 0.0313. The van der Waals surface area contributed by atoms with Gasteiger partial charge in [-0.25, -0.2) is 9.89 Å². The number of anilines is 1. The Kier molecular flexibility index (Phi) is 3.37. The number of aromatic nitrogens is 4. The maximum Gasteiger partial charge on any atom is 0.338 e. The Labute approximate surface area is 106 Å². The van der Waals surface area contributed by atoms with E-state index in [0.717, 1.165) is 0 Å². The number of ether oxygens (including phenoxy) is 1. The fraction of sp³-hybridized carbons (Fsp3) is 0.100. The molecule has 0 unspecified atom stereocenters. The standard InChI is InChI=1S/C10H9N5O4/c1-19-10-13-9(14-15-10)12-7(16)6-5(8(17)18)3-2-4-11-6/h2-4H,1H3,(H,17,18)(H2,12,13,14,15,16). The Morgan fingerprint density at radius 3 is 2.89 bits per heavy atom. The summed E-state index contributed by atoms with van der Waals surface area (Å²) < 4.78 is 4.73. The fourth-order valence-electron chi connectivity index (χ4n) is 1.32. The number of nitrogens with one attached hydrogen (secondary N) is 2. The van der Waals surface area contributed by atoms with Crippen molar-refractivity contribution < 1.29 is 19.4 Å². The highest BCUT2D eigenvalue weighted by atomic mass is 16.5. The van der Waals surface area contributed by atoms with Crippen LogP contribution in [0.25, 0.3) is 0 Å². The molecule has 0 aliphatic carbocycles. The molecule has 0 saturated carbocycles. The normalized spacial score (nSPS) is 9.95. The van der Waals surface area contributed by atoms with E-state index in [2.05, 4.69) is 25.5 Å². The average molecular weight is 263 g/mol. The molecule has 0 spiro atoms. The van der Waals surface area contributed by atoms with Gasteiger partial charge >= 0.3 is 12.0 Å². The second-order valence-corrected chi connectivity index (χ2v) is 3.33. The third-order valence-electron chi connectivity index (χ3n) is 2.13. The first-order valence-corrected chi connectivity index (χ1v) is 5.08. The molecule has 2 aromatic rings. The van der Waals surface area contributed by atoms with Crippen LogP contribution in [0.2, 0.25) is 0 Å². The third-order valence-corrected chi connectivity index (χ3v) is 2.13. The van der Waals surface area contributed by atoms with E-state index < -0.39 is 11.9 Å². The first kappa shape index (κ1) is 12.5.